The highest BCUT2D eigenvalue weighted by atomic mass is 19.1. The van der Waals surface area contributed by atoms with E-state index in [0.717, 1.165) is 16.8 Å². The van der Waals surface area contributed by atoms with E-state index in [4.69, 9.17) is 20.4 Å². The monoisotopic (exact) mass is 536 g/mol. The van der Waals surface area contributed by atoms with Crippen molar-refractivity contribution in [3.05, 3.63) is 90.4 Å². The van der Waals surface area contributed by atoms with E-state index in [-0.39, 0.29) is 17.8 Å². The predicted octanol–water partition coefficient (Wildman–Crippen LogP) is 6.21. The zero-order valence-electron chi connectivity index (χ0n) is 22.5. The number of carbonyl (C=O) groups is 1. The molecule has 0 aliphatic carbocycles. The number of anilines is 1. The van der Waals surface area contributed by atoms with E-state index >= 15 is 0 Å². The molecule has 0 bridgehead atoms. The molecule has 9 heteroatoms. The van der Waals surface area contributed by atoms with Gasteiger partial charge in [0.15, 0.2) is 11.5 Å². The first-order valence-corrected chi connectivity index (χ1v) is 13.1. The number of hydrogen-bond acceptors (Lipinski definition) is 6. The Labute approximate surface area is 231 Å². The lowest BCUT2D eigenvalue weighted by atomic mass is 9.92. The normalized spacial score (nSPS) is 13.8. The van der Waals surface area contributed by atoms with Crippen molar-refractivity contribution in [1.82, 2.24) is 24.4 Å². The van der Waals surface area contributed by atoms with Crippen molar-refractivity contribution in [2.24, 2.45) is 0 Å². The molecule has 0 spiro atoms. The first kappa shape index (κ1) is 25.5. The average Bonchev–Trinajstić information content (AvgIpc) is 3.26. The second-order valence-corrected chi connectivity index (χ2v) is 10.9. The summed E-state index contributed by atoms with van der Waals surface area (Å²) in [6.07, 6.45) is 1.36. The Kier molecular flexibility index (Phi) is 6.21. The van der Waals surface area contributed by atoms with Gasteiger partial charge >= 0.3 is 6.09 Å². The lowest BCUT2D eigenvalue weighted by Gasteiger charge is -2.40. The lowest BCUT2D eigenvalue weighted by molar-refractivity contribution is 0.00819. The van der Waals surface area contributed by atoms with Gasteiger partial charge in [0.05, 0.1) is 11.3 Å². The first-order valence-electron chi connectivity index (χ1n) is 13.1. The molecule has 6 rings (SSSR count). The number of pyridine rings is 2. The molecule has 0 atom stereocenters. The van der Waals surface area contributed by atoms with E-state index in [2.05, 4.69) is 17.1 Å². The summed E-state index contributed by atoms with van der Waals surface area (Å²) in [5, 5.41) is 0. The van der Waals surface area contributed by atoms with Gasteiger partial charge in [0, 0.05) is 36.5 Å². The third-order valence-electron chi connectivity index (χ3n) is 6.88. The number of likely N-dealkylation sites (tertiary alicyclic amines) is 1. The molecule has 8 nitrogen and oxygen atoms in total. The summed E-state index contributed by atoms with van der Waals surface area (Å²) in [7, 11) is 0. The topological polar surface area (TPSA) is 99.2 Å². The molecule has 4 heterocycles. The summed E-state index contributed by atoms with van der Waals surface area (Å²) < 4.78 is 21.0. The number of hydrogen-bond donors (Lipinski definition) is 1. The van der Waals surface area contributed by atoms with Crippen molar-refractivity contribution >= 4 is 23.1 Å². The smallest absolute Gasteiger partial charge is 0.410 e. The summed E-state index contributed by atoms with van der Waals surface area (Å²) in [5.41, 5.74) is 11.3. The fourth-order valence-corrected chi connectivity index (χ4v) is 4.83. The maximum Gasteiger partial charge on any atom is 0.410 e. The minimum Gasteiger partial charge on any atom is -0.444 e. The molecule has 0 radical (unpaired) electrons. The van der Waals surface area contributed by atoms with Crippen LogP contribution in [0.5, 0.6) is 0 Å². The molecule has 1 aliphatic heterocycles. The summed E-state index contributed by atoms with van der Waals surface area (Å²) in [6, 6.07) is 21.9. The van der Waals surface area contributed by atoms with E-state index < -0.39 is 5.60 Å². The third-order valence-corrected chi connectivity index (χ3v) is 6.88. The first-order chi connectivity index (χ1) is 19.2. The number of imidazole rings is 1. The van der Waals surface area contributed by atoms with Gasteiger partial charge in [0.2, 0.25) is 0 Å². The molecule has 0 saturated carbocycles. The van der Waals surface area contributed by atoms with Crippen molar-refractivity contribution in [3.63, 3.8) is 0 Å². The van der Waals surface area contributed by atoms with Crippen molar-refractivity contribution in [2.75, 3.05) is 18.8 Å². The van der Waals surface area contributed by atoms with Crippen molar-refractivity contribution in [3.8, 4) is 28.3 Å². The molecule has 2 aromatic carbocycles. The van der Waals surface area contributed by atoms with E-state index in [1.165, 1.54) is 12.1 Å². The van der Waals surface area contributed by atoms with Crippen molar-refractivity contribution in [1.29, 1.82) is 0 Å². The molecule has 1 amide bonds. The number of benzene rings is 2. The van der Waals surface area contributed by atoms with Crippen molar-refractivity contribution in [2.45, 2.75) is 32.3 Å². The van der Waals surface area contributed by atoms with Crippen LogP contribution < -0.4 is 5.73 Å². The van der Waals surface area contributed by atoms with Gasteiger partial charge in [-0.3, -0.25) is 4.57 Å². The highest BCUT2D eigenvalue weighted by Crippen LogP contribution is 2.33. The number of fused-ring (bicyclic) bond motifs is 1. The van der Waals surface area contributed by atoms with Crippen molar-refractivity contribution < 1.29 is 13.9 Å². The van der Waals surface area contributed by atoms with Gasteiger partial charge in [-0.25, -0.2) is 24.1 Å². The minimum atomic E-state index is -0.517. The van der Waals surface area contributed by atoms with Crippen LogP contribution in [-0.4, -0.2) is 49.2 Å². The number of carbonyl (C=O) groups excluding carboxylic acids is 1. The summed E-state index contributed by atoms with van der Waals surface area (Å²) in [5.74, 6) is 0.922. The second kappa shape index (κ2) is 9.75. The van der Waals surface area contributed by atoms with Crippen LogP contribution in [0.2, 0.25) is 0 Å². The highest BCUT2D eigenvalue weighted by Gasteiger charge is 2.34. The van der Waals surface area contributed by atoms with Crippen LogP contribution in [0.1, 0.15) is 32.3 Å². The van der Waals surface area contributed by atoms with Gasteiger partial charge in [-0.15, -0.1) is 0 Å². The number of nitrogens with zero attached hydrogens (tertiary/aromatic N) is 5. The Morgan fingerprint density at radius 1 is 0.975 bits per heavy atom. The van der Waals surface area contributed by atoms with Crippen LogP contribution in [0.3, 0.4) is 0 Å². The Morgan fingerprint density at radius 3 is 2.38 bits per heavy atom. The molecule has 1 fully saturated rings. The van der Waals surface area contributed by atoms with Gasteiger partial charge in [-0.2, -0.15) is 0 Å². The van der Waals surface area contributed by atoms with Crippen LogP contribution >= 0.6 is 0 Å². The summed E-state index contributed by atoms with van der Waals surface area (Å²) >= 11 is 0. The van der Waals surface area contributed by atoms with E-state index in [1.807, 2.05) is 61.7 Å². The number of amides is 1. The number of rotatable bonds is 4. The van der Waals surface area contributed by atoms with Crippen LogP contribution in [0.4, 0.5) is 15.0 Å². The Bertz CT molecular complexity index is 1700. The Balaban J connectivity index is 1.36. The highest BCUT2D eigenvalue weighted by molar-refractivity contribution is 5.84. The molecule has 3 aromatic heterocycles. The number of nitrogen functional groups attached to an aromatic ring is 1. The molecule has 0 unspecified atom stereocenters. The van der Waals surface area contributed by atoms with E-state index in [0.29, 0.717) is 47.2 Å². The zero-order valence-corrected chi connectivity index (χ0v) is 22.5. The van der Waals surface area contributed by atoms with Crippen LogP contribution in [0.15, 0.2) is 79.0 Å². The average molecular weight is 537 g/mol. The minimum absolute atomic E-state index is 0.234. The van der Waals surface area contributed by atoms with Gasteiger partial charge < -0.3 is 15.4 Å². The fourth-order valence-electron chi connectivity index (χ4n) is 4.83. The quantitative estimate of drug-likeness (QED) is 0.293. The van der Waals surface area contributed by atoms with Crippen LogP contribution in [0, 0.1) is 5.82 Å². The molecule has 1 saturated heterocycles. The van der Waals surface area contributed by atoms with Gasteiger partial charge in [0.1, 0.15) is 22.8 Å². The maximum absolute atomic E-state index is 13.5. The third kappa shape index (κ3) is 4.86. The summed E-state index contributed by atoms with van der Waals surface area (Å²) in [6.45, 7) is 6.83. The zero-order chi connectivity index (χ0) is 28.0. The molecular formula is C31H29FN6O2. The van der Waals surface area contributed by atoms with Gasteiger partial charge in [-0.1, -0.05) is 12.1 Å². The number of ether oxygens (including phenoxy) is 1. The Hall–Kier alpha value is -4.79. The lowest BCUT2D eigenvalue weighted by Crippen LogP contribution is -2.50. The molecule has 2 N–H and O–H groups in total. The molecule has 40 heavy (non-hydrogen) atoms. The maximum atomic E-state index is 13.5. The number of halogens is 1. The molecule has 1 aliphatic rings. The van der Waals surface area contributed by atoms with Gasteiger partial charge in [-0.05, 0) is 87.0 Å². The molecular weight excluding hydrogens is 507 g/mol. The van der Waals surface area contributed by atoms with Gasteiger partial charge in [0.25, 0.3) is 0 Å². The van der Waals surface area contributed by atoms with E-state index in [9.17, 15) is 9.18 Å². The standard InChI is InChI=1S/C31H29FN6O2/c1-31(2,3)40-30(39)37-17-21(18-37)19-8-12-23(13-9-19)38-28(24-5-4-16-34-27(24)33)36-26-15-14-25(35-29(26)38)20-6-10-22(32)11-7-20/h4-16,21H,17-18H2,1-3H3,(H2,33,34). The largest absolute Gasteiger partial charge is 0.444 e. The summed E-state index contributed by atoms with van der Waals surface area (Å²) in [4.78, 5) is 28.1. The SMILES string of the molecule is CC(C)(C)OC(=O)N1CC(c2ccc(-n3c(-c4cccnc4N)nc4ccc(-c5ccc(F)cc5)nc43)cc2)C1. The van der Waals surface area contributed by atoms with Crippen LogP contribution in [-0.2, 0) is 4.74 Å². The Morgan fingerprint density at radius 2 is 1.70 bits per heavy atom. The second-order valence-electron chi connectivity index (χ2n) is 10.9. The number of nitrogens with two attached hydrogens (primary N) is 1. The van der Waals surface area contributed by atoms with Crippen LogP contribution in [0.25, 0.3) is 39.5 Å². The molecule has 202 valence electrons. The fraction of sp³-hybridized carbons (Fsp3) is 0.226. The predicted molar refractivity (Wildman–Crippen MR) is 152 cm³/mol. The number of aromatic nitrogens is 4. The molecule has 5 aromatic rings. The van der Waals surface area contributed by atoms with E-state index in [1.54, 1.807) is 23.2 Å².